The second kappa shape index (κ2) is 15.1. The van der Waals surface area contributed by atoms with Gasteiger partial charge in [0.15, 0.2) is 0 Å². The zero-order chi connectivity index (χ0) is 37.3. The van der Waals surface area contributed by atoms with E-state index in [1.807, 2.05) is 23.2 Å². The minimum Gasteiger partial charge on any atom is -0.465 e. The molecule has 12 nitrogen and oxygen atoms in total. The van der Waals surface area contributed by atoms with Gasteiger partial charge >= 0.3 is 6.09 Å². The number of rotatable bonds is 9. The van der Waals surface area contributed by atoms with Crippen molar-refractivity contribution in [3.8, 4) is 33.6 Å². The van der Waals surface area contributed by atoms with Gasteiger partial charge < -0.3 is 29.6 Å². The Morgan fingerprint density at radius 2 is 1.31 bits per heavy atom. The molecule has 2 unspecified atom stereocenters. The summed E-state index contributed by atoms with van der Waals surface area (Å²) in [6.45, 7) is 1.87. The normalized spacial score (nSPS) is 20.4. The standard InChI is InChI=1S/C41H42ClN7O5/c1-47(41(52)53)36(29-7-2-3-8-30(29)42)40(51)49-21-5-10-34(49)38-44-24-32(46-38)28-18-14-26(15-19-28)25-12-16-27(17-13-25)31-23-43-37(45-31)33-9-4-20-48(33)39(50)35-11-6-22-54-35/h2-3,7-8,12-19,23-24,33-36H,4-6,9-11,20-22H2,1H3,(H,43,45)(H,44,46)(H,52,53)/t33?,34-,35?,36+/m0/s1. The minimum absolute atomic E-state index is 0.0590. The average molecular weight is 748 g/mol. The van der Waals surface area contributed by atoms with E-state index in [0.717, 1.165) is 83.0 Å². The summed E-state index contributed by atoms with van der Waals surface area (Å²) < 4.78 is 5.67. The van der Waals surface area contributed by atoms with Gasteiger partial charge in [-0.15, -0.1) is 0 Å². The van der Waals surface area contributed by atoms with Crippen LogP contribution in [-0.2, 0) is 14.3 Å². The molecule has 54 heavy (non-hydrogen) atoms. The van der Waals surface area contributed by atoms with Crippen LogP contribution in [0.2, 0.25) is 5.02 Å². The molecule has 8 rings (SSSR count). The summed E-state index contributed by atoms with van der Waals surface area (Å²) in [4.78, 5) is 60.1. The highest BCUT2D eigenvalue weighted by Crippen LogP contribution is 2.38. The molecular formula is C41H42ClN7O5. The number of likely N-dealkylation sites (tertiary alicyclic amines) is 2. The first-order valence-electron chi connectivity index (χ1n) is 18.5. The summed E-state index contributed by atoms with van der Waals surface area (Å²) in [6, 6.07) is 21.9. The molecular weight excluding hydrogens is 706 g/mol. The lowest BCUT2D eigenvalue weighted by atomic mass is 10.0. The predicted octanol–water partition coefficient (Wildman–Crippen LogP) is 7.64. The summed E-state index contributed by atoms with van der Waals surface area (Å²) in [6.07, 6.45) is 7.11. The fraction of sp³-hybridized carbons (Fsp3) is 0.341. The first-order valence-corrected chi connectivity index (χ1v) is 18.9. The molecule has 3 fully saturated rings. The van der Waals surface area contributed by atoms with Crippen molar-refractivity contribution >= 4 is 29.5 Å². The number of halogens is 1. The number of aromatic nitrogens is 4. The van der Waals surface area contributed by atoms with Gasteiger partial charge in [-0.25, -0.2) is 14.8 Å². The Balaban J connectivity index is 0.941. The molecule has 3 saturated heterocycles. The van der Waals surface area contributed by atoms with Crippen LogP contribution < -0.4 is 0 Å². The Kier molecular flexibility index (Phi) is 9.95. The lowest BCUT2D eigenvalue weighted by molar-refractivity contribution is -0.142. The van der Waals surface area contributed by atoms with Gasteiger partial charge in [0.1, 0.15) is 23.8 Å². The fourth-order valence-corrected chi connectivity index (χ4v) is 8.29. The van der Waals surface area contributed by atoms with Crippen LogP contribution in [0.1, 0.15) is 73.9 Å². The van der Waals surface area contributed by atoms with Gasteiger partial charge in [0.2, 0.25) is 0 Å². The number of likely N-dealkylation sites (N-methyl/N-ethyl adjacent to an activating group) is 1. The maximum Gasteiger partial charge on any atom is 0.407 e. The quantitative estimate of drug-likeness (QED) is 0.140. The minimum atomic E-state index is -1.22. The first-order chi connectivity index (χ1) is 26.3. The number of imidazole rings is 2. The predicted molar refractivity (Wildman–Crippen MR) is 203 cm³/mol. The van der Waals surface area contributed by atoms with Crippen LogP contribution in [0, 0.1) is 0 Å². The molecule has 0 radical (unpaired) electrons. The van der Waals surface area contributed by atoms with Crippen LogP contribution in [-0.4, -0.2) is 90.5 Å². The Morgan fingerprint density at radius 3 is 1.85 bits per heavy atom. The number of amides is 3. The Bertz CT molecular complexity index is 2140. The molecule has 0 bridgehead atoms. The topological polar surface area (TPSA) is 148 Å². The molecule has 3 N–H and O–H groups in total. The van der Waals surface area contributed by atoms with Crippen molar-refractivity contribution in [3.05, 3.63) is 107 Å². The number of H-pyrrole nitrogens is 2. The molecule has 278 valence electrons. The summed E-state index contributed by atoms with van der Waals surface area (Å²) >= 11 is 6.45. The highest BCUT2D eigenvalue weighted by atomic mass is 35.5. The maximum atomic E-state index is 14.0. The van der Waals surface area contributed by atoms with Gasteiger partial charge in [0.25, 0.3) is 11.8 Å². The maximum absolute atomic E-state index is 14.0. The van der Waals surface area contributed by atoms with E-state index in [1.165, 1.54) is 7.05 Å². The number of nitrogens with zero attached hydrogens (tertiary/aromatic N) is 5. The third kappa shape index (κ3) is 6.87. The molecule has 3 aliphatic heterocycles. The Morgan fingerprint density at radius 1 is 0.778 bits per heavy atom. The van der Waals surface area contributed by atoms with E-state index in [-0.39, 0.29) is 30.0 Å². The molecule has 4 atom stereocenters. The lowest BCUT2D eigenvalue weighted by Crippen LogP contribution is -2.43. The van der Waals surface area contributed by atoms with Gasteiger partial charge in [0, 0.05) is 37.3 Å². The van der Waals surface area contributed by atoms with Gasteiger partial charge in [0.05, 0.1) is 35.9 Å². The molecule has 0 saturated carbocycles. The number of ether oxygens (including phenoxy) is 1. The van der Waals surface area contributed by atoms with Crippen LogP contribution in [0.3, 0.4) is 0 Å². The van der Waals surface area contributed by atoms with Crippen molar-refractivity contribution < 1.29 is 24.2 Å². The van der Waals surface area contributed by atoms with E-state index in [4.69, 9.17) is 16.3 Å². The van der Waals surface area contributed by atoms with Crippen molar-refractivity contribution in [1.29, 1.82) is 0 Å². The molecule has 0 spiro atoms. The monoisotopic (exact) mass is 747 g/mol. The number of carbonyl (C=O) groups is 3. The third-order valence-corrected chi connectivity index (χ3v) is 11.3. The molecule has 0 aliphatic carbocycles. The van der Waals surface area contributed by atoms with E-state index >= 15 is 0 Å². The fourth-order valence-electron chi connectivity index (χ4n) is 8.05. The highest BCUT2D eigenvalue weighted by Gasteiger charge is 2.40. The SMILES string of the molecule is CN(C(=O)O)[C@@H](C(=O)N1CCC[C@H]1c1ncc(-c2ccc(-c3ccc(-c4cnc(C5CCCN5C(=O)C5CCCO5)[nH]4)cc3)cc2)[nH]1)c1ccccc1Cl. The smallest absolute Gasteiger partial charge is 0.407 e. The van der Waals surface area contributed by atoms with Crippen LogP contribution in [0.25, 0.3) is 33.6 Å². The number of aromatic amines is 2. The van der Waals surface area contributed by atoms with Gasteiger partial charge in [-0.1, -0.05) is 78.3 Å². The number of hydrogen-bond donors (Lipinski definition) is 3. The van der Waals surface area contributed by atoms with Crippen molar-refractivity contribution in [2.45, 2.75) is 62.8 Å². The summed E-state index contributed by atoms with van der Waals surface area (Å²) in [5.74, 6) is 1.21. The van der Waals surface area contributed by atoms with Crippen molar-refractivity contribution in [2.75, 3.05) is 26.7 Å². The molecule has 5 aromatic rings. The summed E-state index contributed by atoms with van der Waals surface area (Å²) in [5.41, 5.74) is 6.28. The van der Waals surface area contributed by atoms with E-state index in [0.29, 0.717) is 36.0 Å². The first kappa shape index (κ1) is 35.6. The molecule has 3 amide bonds. The van der Waals surface area contributed by atoms with E-state index in [9.17, 15) is 19.5 Å². The van der Waals surface area contributed by atoms with Crippen LogP contribution in [0.15, 0.2) is 85.2 Å². The number of benzene rings is 3. The van der Waals surface area contributed by atoms with Gasteiger partial charge in [-0.3, -0.25) is 14.5 Å². The van der Waals surface area contributed by atoms with E-state index in [2.05, 4.69) is 56.3 Å². The second-order valence-corrected chi connectivity index (χ2v) is 14.6. The molecule has 13 heteroatoms. The lowest BCUT2D eigenvalue weighted by Gasteiger charge is -2.32. The largest absolute Gasteiger partial charge is 0.465 e. The zero-order valence-electron chi connectivity index (χ0n) is 30.0. The Labute approximate surface area is 318 Å². The zero-order valence-corrected chi connectivity index (χ0v) is 30.7. The van der Waals surface area contributed by atoms with Crippen LogP contribution in [0.4, 0.5) is 4.79 Å². The molecule has 5 heterocycles. The number of carbonyl (C=O) groups excluding carboxylic acids is 2. The van der Waals surface area contributed by atoms with E-state index in [1.54, 1.807) is 35.4 Å². The second-order valence-electron chi connectivity index (χ2n) is 14.2. The van der Waals surface area contributed by atoms with Crippen molar-refractivity contribution in [1.82, 2.24) is 34.6 Å². The average Bonchev–Trinajstić information content (AvgIpc) is 4.05. The number of carboxylic acid groups (broad SMARTS) is 1. The summed E-state index contributed by atoms with van der Waals surface area (Å²) in [5, 5.41) is 10.2. The van der Waals surface area contributed by atoms with Crippen LogP contribution in [0.5, 0.6) is 0 Å². The molecule has 3 aliphatic rings. The van der Waals surface area contributed by atoms with Crippen molar-refractivity contribution in [3.63, 3.8) is 0 Å². The molecule has 3 aromatic carbocycles. The molecule has 2 aromatic heterocycles. The van der Waals surface area contributed by atoms with Crippen molar-refractivity contribution in [2.24, 2.45) is 0 Å². The Hall–Kier alpha value is -5.46. The number of nitrogens with one attached hydrogen (secondary N) is 2. The van der Waals surface area contributed by atoms with E-state index < -0.39 is 12.1 Å². The summed E-state index contributed by atoms with van der Waals surface area (Å²) in [7, 11) is 1.39. The van der Waals surface area contributed by atoms with Crippen LogP contribution >= 0.6 is 11.6 Å². The highest BCUT2D eigenvalue weighted by molar-refractivity contribution is 6.31. The number of hydrogen-bond acceptors (Lipinski definition) is 6. The third-order valence-electron chi connectivity index (χ3n) is 10.9. The van der Waals surface area contributed by atoms with Gasteiger partial charge in [-0.05, 0) is 66.8 Å². The van der Waals surface area contributed by atoms with Gasteiger partial charge in [-0.2, -0.15) is 0 Å².